The molecule has 0 heterocycles. The average molecular weight is 191 g/mol. The Morgan fingerprint density at radius 1 is 1.43 bits per heavy atom. The van der Waals surface area contributed by atoms with Crippen molar-refractivity contribution in [2.75, 3.05) is 14.1 Å². The van der Waals surface area contributed by atoms with Crippen molar-refractivity contribution in [2.45, 2.75) is 0 Å². The van der Waals surface area contributed by atoms with Crippen molar-refractivity contribution < 1.29 is 9.90 Å². The molecule has 0 aliphatic carbocycles. The number of rotatable bonds is 2. The minimum atomic E-state index is -0.0756. The quantitative estimate of drug-likeness (QED) is 0.719. The van der Waals surface area contributed by atoms with Crippen LogP contribution in [-0.2, 0) is 4.79 Å². The lowest BCUT2D eigenvalue weighted by molar-refractivity contribution is -0.123. The van der Waals surface area contributed by atoms with E-state index in [0.29, 0.717) is 0 Å². The molecule has 0 aromatic heterocycles. The molecule has 14 heavy (non-hydrogen) atoms. The van der Waals surface area contributed by atoms with Gasteiger partial charge in [-0.05, 0) is 23.8 Å². The first-order valence-electron chi connectivity index (χ1n) is 4.28. The van der Waals surface area contributed by atoms with Gasteiger partial charge in [0.25, 0.3) is 0 Å². The fourth-order valence-corrected chi connectivity index (χ4v) is 0.945. The molecule has 0 aliphatic rings. The Balaban J connectivity index is 2.74. The molecule has 1 aromatic rings. The summed E-state index contributed by atoms with van der Waals surface area (Å²) < 4.78 is 0. The van der Waals surface area contributed by atoms with Gasteiger partial charge in [0.15, 0.2) is 0 Å². The van der Waals surface area contributed by atoms with Crippen molar-refractivity contribution in [3.05, 3.63) is 35.9 Å². The molecule has 0 radical (unpaired) electrons. The van der Waals surface area contributed by atoms with E-state index in [0.717, 1.165) is 5.56 Å². The molecule has 1 rings (SSSR count). The van der Waals surface area contributed by atoms with Gasteiger partial charge in [0.05, 0.1) is 0 Å². The summed E-state index contributed by atoms with van der Waals surface area (Å²) in [5, 5.41) is 9.16. The maximum absolute atomic E-state index is 11.2. The van der Waals surface area contributed by atoms with E-state index >= 15 is 0 Å². The van der Waals surface area contributed by atoms with Gasteiger partial charge in [-0.25, -0.2) is 0 Å². The van der Waals surface area contributed by atoms with Crippen molar-refractivity contribution in [3.8, 4) is 5.75 Å². The second kappa shape index (κ2) is 4.46. The van der Waals surface area contributed by atoms with Crippen molar-refractivity contribution in [3.63, 3.8) is 0 Å². The molecule has 0 atom stereocenters. The highest BCUT2D eigenvalue weighted by Crippen LogP contribution is 2.11. The molecule has 1 amide bonds. The molecule has 3 heteroatoms. The zero-order valence-electron chi connectivity index (χ0n) is 8.27. The van der Waals surface area contributed by atoms with Gasteiger partial charge in [-0.3, -0.25) is 4.79 Å². The Hall–Kier alpha value is -1.77. The summed E-state index contributed by atoms with van der Waals surface area (Å²) in [4.78, 5) is 12.7. The summed E-state index contributed by atoms with van der Waals surface area (Å²) in [7, 11) is 3.38. The highest BCUT2D eigenvalue weighted by molar-refractivity contribution is 5.91. The first kappa shape index (κ1) is 10.3. The van der Waals surface area contributed by atoms with E-state index in [4.69, 9.17) is 5.11 Å². The Kier molecular flexibility index (Phi) is 3.29. The molecule has 0 bridgehead atoms. The molecule has 1 aromatic carbocycles. The molecule has 0 unspecified atom stereocenters. The fourth-order valence-electron chi connectivity index (χ4n) is 0.945. The summed E-state index contributed by atoms with van der Waals surface area (Å²) in [5.41, 5.74) is 0.806. The first-order chi connectivity index (χ1) is 6.59. The number of nitrogens with zero attached hydrogens (tertiary/aromatic N) is 1. The predicted octanol–water partition coefficient (Wildman–Crippen LogP) is 1.49. The van der Waals surface area contributed by atoms with Gasteiger partial charge in [0.1, 0.15) is 5.75 Å². The van der Waals surface area contributed by atoms with E-state index in [2.05, 4.69) is 0 Å². The summed E-state index contributed by atoms with van der Waals surface area (Å²) in [6.07, 6.45) is 3.14. The van der Waals surface area contributed by atoms with Gasteiger partial charge in [-0.1, -0.05) is 12.1 Å². The highest BCUT2D eigenvalue weighted by Gasteiger charge is 1.96. The third kappa shape index (κ3) is 2.94. The number of benzene rings is 1. The third-order valence-corrected chi connectivity index (χ3v) is 1.73. The summed E-state index contributed by atoms with van der Waals surface area (Å²) >= 11 is 0. The van der Waals surface area contributed by atoms with Crippen LogP contribution < -0.4 is 0 Å². The average Bonchev–Trinajstić information content (AvgIpc) is 2.14. The van der Waals surface area contributed by atoms with Crippen LogP contribution >= 0.6 is 0 Å². The first-order valence-corrected chi connectivity index (χ1v) is 4.28. The van der Waals surface area contributed by atoms with E-state index in [1.807, 2.05) is 6.07 Å². The van der Waals surface area contributed by atoms with Gasteiger partial charge in [0.2, 0.25) is 5.91 Å². The molecule has 1 N–H and O–H groups in total. The zero-order chi connectivity index (χ0) is 10.6. The Labute approximate surface area is 83.3 Å². The molecule has 0 saturated carbocycles. The van der Waals surface area contributed by atoms with Gasteiger partial charge in [-0.15, -0.1) is 0 Å². The normalized spacial score (nSPS) is 10.4. The fraction of sp³-hybridized carbons (Fsp3) is 0.182. The van der Waals surface area contributed by atoms with E-state index in [9.17, 15) is 4.79 Å². The van der Waals surface area contributed by atoms with Crippen molar-refractivity contribution in [2.24, 2.45) is 0 Å². The van der Waals surface area contributed by atoms with Crippen LogP contribution in [0.5, 0.6) is 5.75 Å². The maximum Gasteiger partial charge on any atom is 0.246 e. The largest absolute Gasteiger partial charge is 0.508 e. The molecule has 0 fully saturated rings. The number of carbonyl (C=O) groups excluding carboxylic acids is 1. The second-order valence-corrected chi connectivity index (χ2v) is 3.16. The Bertz CT molecular complexity index is 356. The molecule has 0 saturated heterocycles. The van der Waals surface area contributed by atoms with Crippen LogP contribution in [0.3, 0.4) is 0 Å². The van der Waals surface area contributed by atoms with Gasteiger partial charge in [0, 0.05) is 20.2 Å². The maximum atomic E-state index is 11.2. The Morgan fingerprint density at radius 2 is 2.14 bits per heavy atom. The Morgan fingerprint density at radius 3 is 2.71 bits per heavy atom. The van der Waals surface area contributed by atoms with Crippen LogP contribution in [0.4, 0.5) is 0 Å². The molecular formula is C11H13NO2. The topological polar surface area (TPSA) is 40.5 Å². The lowest BCUT2D eigenvalue weighted by atomic mass is 10.2. The lowest BCUT2D eigenvalue weighted by Gasteiger charge is -2.04. The van der Waals surface area contributed by atoms with Crippen molar-refractivity contribution in [1.82, 2.24) is 4.90 Å². The smallest absolute Gasteiger partial charge is 0.246 e. The van der Waals surface area contributed by atoms with Gasteiger partial charge < -0.3 is 10.0 Å². The lowest BCUT2D eigenvalue weighted by Crippen LogP contribution is -2.18. The third-order valence-electron chi connectivity index (χ3n) is 1.73. The molecular weight excluding hydrogens is 178 g/mol. The summed E-state index contributed by atoms with van der Waals surface area (Å²) in [6, 6.07) is 6.73. The number of hydrogen-bond acceptors (Lipinski definition) is 2. The number of phenolic OH excluding ortho intramolecular Hbond substituents is 1. The van der Waals surface area contributed by atoms with Crippen LogP contribution in [0.15, 0.2) is 30.3 Å². The van der Waals surface area contributed by atoms with E-state index in [1.54, 1.807) is 38.4 Å². The molecule has 3 nitrogen and oxygen atoms in total. The SMILES string of the molecule is CN(C)C(=O)/C=C/c1cccc(O)c1. The van der Waals surface area contributed by atoms with Gasteiger partial charge in [-0.2, -0.15) is 0 Å². The number of phenols is 1. The molecule has 74 valence electrons. The van der Waals surface area contributed by atoms with Crippen LogP contribution in [0.25, 0.3) is 6.08 Å². The number of carbonyl (C=O) groups is 1. The summed E-state index contributed by atoms with van der Waals surface area (Å²) in [6.45, 7) is 0. The van der Waals surface area contributed by atoms with Crippen LogP contribution in [0, 0.1) is 0 Å². The minimum Gasteiger partial charge on any atom is -0.508 e. The van der Waals surface area contributed by atoms with E-state index in [1.165, 1.54) is 11.0 Å². The second-order valence-electron chi connectivity index (χ2n) is 3.16. The van der Waals surface area contributed by atoms with Crippen LogP contribution in [0.1, 0.15) is 5.56 Å². The highest BCUT2D eigenvalue weighted by atomic mass is 16.3. The van der Waals surface area contributed by atoms with Crippen LogP contribution in [-0.4, -0.2) is 30.0 Å². The number of hydrogen-bond donors (Lipinski definition) is 1. The van der Waals surface area contributed by atoms with Crippen molar-refractivity contribution in [1.29, 1.82) is 0 Å². The number of likely N-dealkylation sites (N-methyl/N-ethyl adjacent to an activating group) is 1. The monoisotopic (exact) mass is 191 g/mol. The number of aromatic hydroxyl groups is 1. The summed E-state index contributed by atoms with van der Waals surface area (Å²) in [5.74, 6) is 0.123. The predicted molar refractivity (Wildman–Crippen MR) is 55.8 cm³/mol. The number of amides is 1. The zero-order valence-corrected chi connectivity index (χ0v) is 8.27. The van der Waals surface area contributed by atoms with E-state index < -0.39 is 0 Å². The molecule has 0 spiro atoms. The van der Waals surface area contributed by atoms with Crippen LogP contribution in [0.2, 0.25) is 0 Å². The van der Waals surface area contributed by atoms with Crippen molar-refractivity contribution >= 4 is 12.0 Å². The standard InChI is InChI=1S/C11H13NO2/c1-12(2)11(14)7-6-9-4-3-5-10(13)8-9/h3-8,13H,1-2H3/b7-6+. The minimum absolute atomic E-state index is 0.0756. The van der Waals surface area contributed by atoms with E-state index in [-0.39, 0.29) is 11.7 Å². The van der Waals surface area contributed by atoms with Gasteiger partial charge >= 0.3 is 0 Å². The molecule has 0 aliphatic heterocycles.